The van der Waals surface area contributed by atoms with Gasteiger partial charge in [-0.1, -0.05) is 0 Å². The van der Waals surface area contributed by atoms with Crippen molar-refractivity contribution in [2.45, 2.75) is 26.4 Å². The van der Waals surface area contributed by atoms with Crippen LogP contribution in [0.25, 0.3) is 0 Å². The number of ether oxygens (including phenoxy) is 1. The van der Waals surface area contributed by atoms with Gasteiger partial charge >= 0.3 is 0 Å². The average Bonchev–Trinajstić information content (AvgIpc) is 2.53. The summed E-state index contributed by atoms with van der Waals surface area (Å²) >= 11 is 0. The second-order valence-corrected chi connectivity index (χ2v) is 4.02. The molecule has 0 aliphatic heterocycles. The summed E-state index contributed by atoms with van der Waals surface area (Å²) in [6.07, 6.45) is 0.00751. The van der Waals surface area contributed by atoms with Crippen molar-refractivity contribution in [3.63, 3.8) is 0 Å². The molecule has 1 aromatic rings. The third kappa shape index (κ3) is 3.28. The van der Waals surface area contributed by atoms with Gasteiger partial charge in [0, 0.05) is 20.7 Å². The summed E-state index contributed by atoms with van der Waals surface area (Å²) in [5, 5.41) is 7.07. The summed E-state index contributed by atoms with van der Waals surface area (Å²) < 4.78 is 6.80. The van der Waals surface area contributed by atoms with E-state index in [9.17, 15) is 4.79 Å². The highest BCUT2D eigenvalue weighted by Crippen LogP contribution is 2.18. The normalized spacial score (nSPS) is 12.5. The van der Waals surface area contributed by atoms with Crippen molar-refractivity contribution < 1.29 is 9.53 Å². The Labute approximate surface area is 101 Å². The van der Waals surface area contributed by atoms with E-state index >= 15 is 0 Å². The lowest BCUT2D eigenvalue weighted by molar-refractivity contribution is -0.118. The lowest BCUT2D eigenvalue weighted by Gasteiger charge is -2.12. The zero-order valence-corrected chi connectivity index (χ0v) is 10.8. The molecule has 0 saturated heterocycles. The summed E-state index contributed by atoms with van der Waals surface area (Å²) in [5.41, 5.74) is 7.97. The molecule has 0 aliphatic carbocycles. The largest absolute Gasteiger partial charge is 0.380 e. The number of anilines is 1. The molecule has 0 aliphatic rings. The van der Waals surface area contributed by atoms with Crippen LogP contribution in [0.15, 0.2) is 0 Å². The number of nitrogens with two attached hydrogens (primary N) is 1. The zero-order valence-electron chi connectivity index (χ0n) is 10.8. The summed E-state index contributed by atoms with van der Waals surface area (Å²) in [7, 11) is 3.39. The third-order valence-corrected chi connectivity index (χ3v) is 2.78. The maximum atomic E-state index is 11.8. The van der Waals surface area contributed by atoms with E-state index < -0.39 is 0 Å². The number of carbonyl (C=O) groups excluding carboxylic acids is 1. The first-order valence-electron chi connectivity index (χ1n) is 5.52. The predicted octanol–water partition coefficient (Wildman–Crippen LogP) is 0.339. The highest BCUT2D eigenvalue weighted by molar-refractivity contribution is 5.92. The predicted molar refractivity (Wildman–Crippen MR) is 65.8 cm³/mol. The molecule has 0 aromatic carbocycles. The molecule has 1 atom stereocenters. The van der Waals surface area contributed by atoms with Crippen LogP contribution < -0.4 is 11.1 Å². The van der Waals surface area contributed by atoms with Gasteiger partial charge in [0.25, 0.3) is 0 Å². The van der Waals surface area contributed by atoms with Gasteiger partial charge in [-0.3, -0.25) is 9.48 Å². The minimum atomic E-state index is -0.243. The van der Waals surface area contributed by atoms with Crippen molar-refractivity contribution >= 4 is 11.6 Å². The van der Waals surface area contributed by atoms with E-state index in [2.05, 4.69) is 10.4 Å². The molecular formula is C11H20N4O2. The Morgan fingerprint density at radius 2 is 2.24 bits per heavy atom. The molecule has 1 amide bonds. The van der Waals surface area contributed by atoms with Gasteiger partial charge in [-0.05, 0) is 13.8 Å². The average molecular weight is 240 g/mol. The monoisotopic (exact) mass is 240 g/mol. The highest BCUT2D eigenvalue weighted by Gasteiger charge is 2.15. The molecule has 17 heavy (non-hydrogen) atoms. The fraction of sp³-hybridized carbons (Fsp3) is 0.636. The molecule has 1 unspecified atom stereocenters. The second kappa shape index (κ2) is 5.79. The number of nitrogens with one attached hydrogen (secondary N) is 1. The first-order valence-corrected chi connectivity index (χ1v) is 5.52. The van der Waals surface area contributed by atoms with Crippen LogP contribution in [-0.2, 0) is 16.6 Å². The van der Waals surface area contributed by atoms with Crippen molar-refractivity contribution in [3.05, 3.63) is 11.4 Å². The number of hydrogen-bond donors (Lipinski definition) is 2. The summed E-state index contributed by atoms with van der Waals surface area (Å²) in [6.45, 7) is 4.10. The second-order valence-electron chi connectivity index (χ2n) is 4.02. The van der Waals surface area contributed by atoms with Gasteiger partial charge in [0.15, 0.2) is 0 Å². The van der Waals surface area contributed by atoms with Gasteiger partial charge in [0.1, 0.15) is 0 Å². The zero-order chi connectivity index (χ0) is 13.0. The molecule has 0 saturated carbocycles. The molecule has 0 radical (unpaired) electrons. The van der Waals surface area contributed by atoms with Crippen LogP contribution >= 0.6 is 0 Å². The van der Waals surface area contributed by atoms with Crippen molar-refractivity contribution in [3.8, 4) is 0 Å². The molecule has 1 heterocycles. The molecule has 1 aromatic heterocycles. The SMILES string of the molecule is COC(CN)CC(=O)Nc1c(C)nn(C)c1C. The summed E-state index contributed by atoms with van der Waals surface area (Å²) in [6, 6.07) is 0. The number of nitrogens with zero attached hydrogens (tertiary/aromatic N) is 2. The minimum absolute atomic E-state index is 0.110. The molecule has 6 heteroatoms. The standard InChI is InChI=1S/C11H20N4O2/c1-7-11(8(2)15(3)14-7)13-10(16)5-9(6-12)17-4/h9H,5-6,12H2,1-4H3,(H,13,16). The number of aromatic nitrogens is 2. The molecule has 0 fully saturated rings. The van der Waals surface area contributed by atoms with Gasteiger partial charge in [0.05, 0.1) is 29.6 Å². The fourth-order valence-electron chi connectivity index (χ4n) is 1.61. The quantitative estimate of drug-likeness (QED) is 0.777. The van der Waals surface area contributed by atoms with Crippen LogP contribution in [-0.4, -0.2) is 35.4 Å². The van der Waals surface area contributed by atoms with Crippen molar-refractivity contribution in [1.82, 2.24) is 9.78 Å². The Hall–Kier alpha value is -1.40. The van der Waals surface area contributed by atoms with E-state index in [0.29, 0.717) is 6.54 Å². The Morgan fingerprint density at radius 1 is 1.59 bits per heavy atom. The molecule has 0 spiro atoms. The van der Waals surface area contributed by atoms with Crippen molar-refractivity contribution in [1.29, 1.82) is 0 Å². The Morgan fingerprint density at radius 3 is 2.65 bits per heavy atom. The Balaban J connectivity index is 2.68. The third-order valence-electron chi connectivity index (χ3n) is 2.78. The van der Waals surface area contributed by atoms with Gasteiger partial charge in [-0.25, -0.2) is 0 Å². The lowest BCUT2D eigenvalue weighted by atomic mass is 10.2. The number of amides is 1. The maximum absolute atomic E-state index is 11.8. The van der Waals surface area contributed by atoms with Gasteiger partial charge in [-0.15, -0.1) is 0 Å². The highest BCUT2D eigenvalue weighted by atomic mass is 16.5. The van der Waals surface area contributed by atoms with Crippen LogP contribution in [0.1, 0.15) is 17.8 Å². The fourth-order valence-corrected chi connectivity index (χ4v) is 1.61. The summed E-state index contributed by atoms with van der Waals surface area (Å²) in [5.74, 6) is -0.110. The van der Waals surface area contributed by atoms with Crippen molar-refractivity contribution in [2.75, 3.05) is 19.0 Å². The first-order chi connectivity index (χ1) is 7.99. The summed E-state index contributed by atoms with van der Waals surface area (Å²) in [4.78, 5) is 11.8. The van der Waals surface area contributed by atoms with Crippen LogP contribution in [0.3, 0.4) is 0 Å². The number of carbonyl (C=O) groups is 1. The maximum Gasteiger partial charge on any atom is 0.227 e. The smallest absolute Gasteiger partial charge is 0.227 e. The van der Waals surface area contributed by atoms with E-state index in [1.807, 2.05) is 20.9 Å². The van der Waals surface area contributed by atoms with Gasteiger partial charge < -0.3 is 15.8 Å². The Bertz CT molecular complexity index is 396. The number of aryl methyl sites for hydroxylation is 2. The Kier molecular flexibility index (Phi) is 4.65. The van der Waals surface area contributed by atoms with Gasteiger partial charge in [0.2, 0.25) is 5.91 Å². The van der Waals surface area contributed by atoms with Crippen LogP contribution in [0.5, 0.6) is 0 Å². The van der Waals surface area contributed by atoms with Gasteiger partial charge in [-0.2, -0.15) is 5.10 Å². The van der Waals surface area contributed by atoms with Crippen LogP contribution in [0.2, 0.25) is 0 Å². The van der Waals surface area contributed by atoms with E-state index in [4.69, 9.17) is 10.5 Å². The minimum Gasteiger partial charge on any atom is -0.380 e. The number of methoxy groups -OCH3 is 1. The van der Waals surface area contributed by atoms with E-state index in [0.717, 1.165) is 17.1 Å². The van der Waals surface area contributed by atoms with Crippen molar-refractivity contribution in [2.24, 2.45) is 12.8 Å². The molecule has 0 bridgehead atoms. The molecule has 6 nitrogen and oxygen atoms in total. The number of rotatable bonds is 5. The molecule has 3 N–H and O–H groups in total. The molecule has 1 rings (SSSR count). The molecule has 96 valence electrons. The lowest BCUT2D eigenvalue weighted by Crippen LogP contribution is -2.28. The van der Waals surface area contributed by atoms with Crippen LogP contribution in [0.4, 0.5) is 5.69 Å². The number of hydrogen-bond acceptors (Lipinski definition) is 4. The molecular weight excluding hydrogens is 220 g/mol. The van der Waals surface area contributed by atoms with Crippen LogP contribution in [0, 0.1) is 13.8 Å². The van der Waals surface area contributed by atoms with E-state index in [1.165, 1.54) is 0 Å². The first kappa shape index (κ1) is 13.7. The van der Waals surface area contributed by atoms with E-state index in [1.54, 1.807) is 11.8 Å². The van der Waals surface area contributed by atoms with E-state index in [-0.39, 0.29) is 18.4 Å². The topological polar surface area (TPSA) is 82.2 Å².